The molecule has 1 saturated heterocycles. The van der Waals surface area contributed by atoms with Gasteiger partial charge in [0.05, 0.1) is 0 Å². The number of amides is 1. The van der Waals surface area contributed by atoms with E-state index in [2.05, 4.69) is 19.0 Å². The van der Waals surface area contributed by atoms with E-state index >= 15 is 0 Å². The summed E-state index contributed by atoms with van der Waals surface area (Å²) in [6.45, 7) is 1.61. The monoisotopic (exact) mass is 248 g/mol. The van der Waals surface area contributed by atoms with Gasteiger partial charge < -0.3 is 14.9 Å². The van der Waals surface area contributed by atoms with Crippen LogP contribution in [0.1, 0.15) is 23.2 Å². The minimum atomic E-state index is 0.0570. The van der Waals surface area contributed by atoms with E-state index in [0.29, 0.717) is 11.6 Å². The number of phenolic OH excluding ortho intramolecular Hbond substituents is 1. The predicted octanol–water partition coefficient (Wildman–Crippen LogP) is 1.56. The highest BCUT2D eigenvalue weighted by Gasteiger charge is 2.25. The van der Waals surface area contributed by atoms with Crippen LogP contribution < -0.4 is 0 Å². The van der Waals surface area contributed by atoms with E-state index in [4.69, 9.17) is 0 Å². The summed E-state index contributed by atoms with van der Waals surface area (Å²) in [5, 5.41) is 9.23. The number of likely N-dealkylation sites (N-methyl/N-ethyl adjacent to an activating group) is 1. The molecule has 1 aromatic carbocycles. The molecular formula is C14H20N2O2. The highest BCUT2D eigenvalue weighted by Crippen LogP contribution is 2.17. The molecule has 1 fully saturated rings. The van der Waals surface area contributed by atoms with E-state index in [1.54, 1.807) is 24.3 Å². The minimum Gasteiger partial charge on any atom is -0.508 e. The largest absolute Gasteiger partial charge is 0.508 e. The molecule has 0 spiro atoms. The SMILES string of the molecule is CN(C)C1CCCN(C(=O)c2ccc(O)cc2)C1. The van der Waals surface area contributed by atoms with Crippen LogP contribution in [0.5, 0.6) is 5.75 Å². The number of piperidine rings is 1. The van der Waals surface area contributed by atoms with Crippen molar-refractivity contribution in [2.45, 2.75) is 18.9 Å². The lowest BCUT2D eigenvalue weighted by atomic mass is 10.0. The number of hydrogen-bond acceptors (Lipinski definition) is 3. The Kier molecular flexibility index (Phi) is 3.87. The molecule has 1 N–H and O–H groups in total. The first-order chi connectivity index (χ1) is 8.58. The number of rotatable bonds is 2. The third kappa shape index (κ3) is 2.82. The second-order valence-electron chi connectivity index (χ2n) is 5.06. The van der Waals surface area contributed by atoms with Crippen molar-refractivity contribution in [3.8, 4) is 5.75 Å². The van der Waals surface area contributed by atoms with Gasteiger partial charge in [0.1, 0.15) is 5.75 Å². The van der Waals surface area contributed by atoms with Gasteiger partial charge in [-0.15, -0.1) is 0 Å². The van der Waals surface area contributed by atoms with Gasteiger partial charge in [-0.2, -0.15) is 0 Å². The zero-order valence-corrected chi connectivity index (χ0v) is 11.0. The molecule has 2 rings (SSSR count). The molecule has 18 heavy (non-hydrogen) atoms. The summed E-state index contributed by atoms with van der Waals surface area (Å²) in [7, 11) is 4.11. The van der Waals surface area contributed by atoms with Crippen molar-refractivity contribution < 1.29 is 9.90 Å². The van der Waals surface area contributed by atoms with Crippen LogP contribution in [0, 0.1) is 0 Å². The van der Waals surface area contributed by atoms with Crippen LogP contribution in [0.15, 0.2) is 24.3 Å². The predicted molar refractivity (Wildman–Crippen MR) is 70.7 cm³/mol. The van der Waals surface area contributed by atoms with Gasteiger partial charge in [-0.05, 0) is 51.2 Å². The Morgan fingerprint density at radius 3 is 2.61 bits per heavy atom. The number of phenols is 1. The third-order valence-electron chi connectivity index (χ3n) is 3.53. The Hall–Kier alpha value is -1.55. The van der Waals surface area contributed by atoms with E-state index in [9.17, 15) is 9.90 Å². The van der Waals surface area contributed by atoms with Crippen molar-refractivity contribution in [1.82, 2.24) is 9.80 Å². The summed E-state index contributed by atoms with van der Waals surface area (Å²) in [4.78, 5) is 16.4. The fourth-order valence-corrected chi connectivity index (χ4v) is 2.35. The number of hydrogen-bond donors (Lipinski definition) is 1. The van der Waals surface area contributed by atoms with E-state index in [1.807, 2.05) is 4.90 Å². The molecule has 1 atom stereocenters. The topological polar surface area (TPSA) is 43.8 Å². The van der Waals surface area contributed by atoms with Crippen molar-refractivity contribution in [3.05, 3.63) is 29.8 Å². The van der Waals surface area contributed by atoms with Crippen LogP contribution >= 0.6 is 0 Å². The van der Waals surface area contributed by atoms with Crippen LogP contribution in [0.4, 0.5) is 0 Å². The summed E-state index contributed by atoms with van der Waals surface area (Å²) >= 11 is 0. The Morgan fingerprint density at radius 2 is 2.00 bits per heavy atom. The molecule has 1 unspecified atom stereocenters. The average molecular weight is 248 g/mol. The molecule has 0 aromatic heterocycles. The number of aromatic hydroxyl groups is 1. The summed E-state index contributed by atoms with van der Waals surface area (Å²) in [5.74, 6) is 0.248. The summed E-state index contributed by atoms with van der Waals surface area (Å²) in [6, 6.07) is 6.91. The van der Waals surface area contributed by atoms with Crippen molar-refractivity contribution in [2.75, 3.05) is 27.2 Å². The average Bonchev–Trinajstić information content (AvgIpc) is 2.39. The standard InChI is InChI=1S/C14H20N2O2/c1-15(2)12-4-3-9-16(10-12)14(18)11-5-7-13(17)8-6-11/h5-8,12,17H,3-4,9-10H2,1-2H3. The number of likely N-dealkylation sites (tertiary alicyclic amines) is 1. The van der Waals surface area contributed by atoms with E-state index in [0.717, 1.165) is 25.9 Å². The van der Waals surface area contributed by atoms with Crippen LogP contribution in [0.2, 0.25) is 0 Å². The van der Waals surface area contributed by atoms with Gasteiger partial charge in [0.25, 0.3) is 5.91 Å². The number of carbonyl (C=O) groups is 1. The van der Waals surface area contributed by atoms with Gasteiger partial charge in [-0.3, -0.25) is 4.79 Å². The maximum Gasteiger partial charge on any atom is 0.253 e. The molecule has 0 aliphatic carbocycles. The van der Waals surface area contributed by atoms with Crippen molar-refractivity contribution >= 4 is 5.91 Å². The van der Waals surface area contributed by atoms with Crippen LogP contribution in [0.3, 0.4) is 0 Å². The summed E-state index contributed by atoms with van der Waals surface area (Å²) < 4.78 is 0. The molecular weight excluding hydrogens is 228 g/mol. The maximum atomic E-state index is 12.3. The van der Waals surface area contributed by atoms with Crippen LogP contribution in [-0.4, -0.2) is 54.0 Å². The minimum absolute atomic E-state index is 0.0570. The Labute approximate surface area is 108 Å². The molecule has 1 aliphatic heterocycles. The number of nitrogens with zero attached hydrogens (tertiary/aromatic N) is 2. The quantitative estimate of drug-likeness (QED) is 0.863. The second-order valence-corrected chi connectivity index (χ2v) is 5.06. The molecule has 0 saturated carbocycles. The van der Waals surface area contributed by atoms with Crippen LogP contribution in [-0.2, 0) is 0 Å². The molecule has 1 heterocycles. The lowest BCUT2D eigenvalue weighted by Crippen LogP contribution is -2.47. The van der Waals surface area contributed by atoms with Gasteiger partial charge in [0.15, 0.2) is 0 Å². The Balaban J connectivity index is 2.06. The number of carbonyl (C=O) groups excluding carboxylic acids is 1. The first kappa shape index (κ1) is 12.9. The zero-order chi connectivity index (χ0) is 13.1. The molecule has 98 valence electrons. The lowest BCUT2D eigenvalue weighted by molar-refractivity contribution is 0.0635. The first-order valence-electron chi connectivity index (χ1n) is 6.32. The maximum absolute atomic E-state index is 12.3. The van der Waals surface area contributed by atoms with Crippen molar-refractivity contribution in [1.29, 1.82) is 0 Å². The molecule has 4 heteroatoms. The molecule has 1 aromatic rings. The van der Waals surface area contributed by atoms with E-state index < -0.39 is 0 Å². The zero-order valence-electron chi connectivity index (χ0n) is 11.0. The molecule has 1 aliphatic rings. The second kappa shape index (κ2) is 5.40. The van der Waals surface area contributed by atoms with Gasteiger partial charge >= 0.3 is 0 Å². The summed E-state index contributed by atoms with van der Waals surface area (Å²) in [6.07, 6.45) is 2.19. The lowest BCUT2D eigenvalue weighted by Gasteiger charge is -2.36. The third-order valence-corrected chi connectivity index (χ3v) is 3.53. The van der Waals surface area contributed by atoms with Crippen molar-refractivity contribution in [3.63, 3.8) is 0 Å². The van der Waals surface area contributed by atoms with E-state index in [1.165, 1.54) is 0 Å². The first-order valence-corrected chi connectivity index (χ1v) is 6.32. The normalized spacial score (nSPS) is 20.2. The van der Waals surface area contributed by atoms with Gasteiger partial charge in [-0.1, -0.05) is 0 Å². The Bertz CT molecular complexity index is 414. The summed E-state index contributed by atoms with van der Waals surface area (Å²) in [5.41, 5.74) is 0.646. The van der Waals surface area contributed by atoms with Gasteiger partial charge in [0.2, 0.25) is 0 Å². The molecule has 4 nitrogen and oxygen atoms in total. The van der Waals surface area contributed by atoms with Crippen molar-refractivity contribution in [2.24, 2.45) is 0 Å². The molecule has 0 bridgehead atoms. The fourth-order valence-electron chi connectivity index (χ4n) is 2.35. The highest BCUT2D eigenvalue weighted by atomic mass is 16.3. The highest BCUT2D eigenvalue weighted by molar-refractivity contribution is 5.94. The van der Waals surface area contributed by atoms with Crippen LogP contribution in [0.25, 0.3) is 0 Å². The molecule has 1 amide bonds. The smallest absolute Gasteiger partial charge is 0.253 e. The molecule has 0 radical (unpaired) electrons. The number of benzene rings is 1. The van der Waals surface area contributed by atoms with Gasteiger partial charge in [-0.25, -0.2) is 0 Å². The van der Waals surface area contributed by atoms with E-state index in [-0.39, 0.29) is 11.7 Å². The Morgan fingerprint density at radius 1 is 1.33 bits per heavy atom. The van der Waals surface area contributed by atoms with Gasteiger partial charge in [0, 0.05) is 24.7 Å². The fraction of sp³-hybridized carbons (Fsp3) is 0.500.